The molecule has 1 atom stereocenters. The fraction of sp³-hybridized carbons (Fsp3) is 0.312. The van der Waals surface area contributed by atoms with E-state index in [-0.39, 0.29) is 11.9 Å². The lowest BCUT2D eigenvalue weighted by Gasteiger charge is -2.23. The van der Waals surface area contributed by atoms with Crippen molar-refractivity contribution < 1.29 is 13.2 Å². The zero-order valence-corrected chi connectivity index (χ0v) is 14.6. The number of sulfonamides is 1. The van der Waals surface area contributed by atoms with Gasteiger partial charge in [-0.2, -0.15) is 0 Å². The number of para-hydroxylation sites is 1. The number of hydrogen-bond donors (Lipinski definition) is 1. The zero-order valence-electron chi connectivity index (χ0n) is 12.9. The number of hydrogen-bond acceptors (Lipinski definition) is 4. The third-order valence-electron chi connectivity index (χ3n) is 3.81. The number of nitrogens with one attached hydrogen (secondary N) is 1. The Bertz CT molecular complexity index is 843. The van der Waals surface area contributed by atoms with Gasteiger partial charge in [-0.05, 0) is 37.1 Å². The maximum absolute atomic E-state index is 13.0. The molecule has 2 heterocycles. The summed E-state index contributed by atoms with van der Waals surface area (Å²) >= 11 is 1.20. The Morgan fingerprint density at radius 2 is 2.04 bits per heavy atom. The molecule has 1 aliphatic rings. The van der Waals surface area contributed by atoms with Gasteiger partial charge in [0, 0.05) is 17.8 Å². The van der Waals surface area contributed by atoms with Gasteiger partial charge in [0.1, 0.15) is 4.21 Å². The summed E-state index contributed by atoms with van der Waals surface area (Å²) in [5.41, 5.74) is 1.82. The SMILES string of the molecule is CC(=O)NCc1ccc(S(=O)(=O)N2c3ccccc3CC2C)s1. The molecule has 7 heteroatoms. The molecule has 1 amide bonds. The molecular weight excluding hydrogens is 332 g/mol. The smallest absolute Gasteiger partial charge is 0.274 e. The van der Waals surface area contributed by atoms with Crippen molar-refractivity contribution in [1.82, 2.24) is 5.32 Å². The van der Waals surface area contributed by atoms with Gasteiger partial charge < -0.3 is 5.32 Å². The van der Waals surface area contributed by atoms with Crippen molar-refractivity contribution in [3.8, 4) is 0 Å². The van der Waals surface area contributed by atoms with Crippen LogP contribution in [-0.2, 0) is 27.8 Å². The number of thiophene rings is 1. The quantitative estimate of drug-likeness (QED) is 0.921. The van der Waals surface area contributed by atoms with E-state index >= 15 is 0 Å². The number of benzene rings is 1. The first kappa shape index (κ1) is 16.0. The number of carbonyl (C=O) groups excluding carboxylic acids is 1. The molecule has 0 fully saturated rings. The number of rotatable bonds is 4. The molecule has 23 heavy (non-hydrogen) atoms. The van der Waals surface area contributed by atoms with Gasteiger partial charge in [-0.25, -0.2) is 8.42 Å². The molecule has 5 nitrogen and oxygen atoms in total. The first-order chi connectivity index (χ1) is 10.9. The van der Waals surface area contributed by atoms with Gasteiger partial charge >= 0.3 is 0 Å². The lowest BCUT2D eigenvalue weighted by molar-refractivity contribution is -0.119. The van der Waals surface area contributed by atoms with Gasteiger partial charge in [0.15, 0.2) is 0 Å². The Labute approximate surface area is 140 Å². The monoisotopic (exact) mass is 350 g/mol. The van der Waals surface area contributed by atoms with Gasteiger partial charge in [-0.3, -0.25) is 9.10 Å². The predicted molar refractivity (Wildman–Crippen MR) is 91.1 cm³/mol. The van der Waals surface area contributed by atoms with Gasteiger partial charge in [0.2, 0.25) is 5.91 Å². The van der Waals surface area contributed by atoms with Crippen LogP contribution in [0.5, 0.6) is 0 Å². The molecule has 0 aliphatic carbocycles. The van der Waals surface area contributed by atoms with Crippen LogP contribution in [0.15, 0.2) is 40.6 Å². The first-order valence-electron chi connectivity index (χ1n) is 7.35. The molecule has 0 spiro atoms. The minimum Gasteiger partial charge on any atom is -0.351 e. The average molecular weight is 350 g/mol. The third-order valence-corrected chi connectivity index (χ3v) is 7.29. The topological polar surface area (TPSA) is 66.5 Å². The fourth-order valence-electron chi connectivity index (χ4n) is 2.80. The Hall–Kier alpha value is -1.86. The number of nitrogens with zero attached hydrogens (tertiary/aromatic N) is 1. The van der Waals surface area contributed by atoms with Crippen LogP contribution >= 0.6 is 11.3 Å². The zero-order chi connectivity index (χ0) is 16.6. The Balaban J connectivity index is 1.92. The predicted octanol–water partition coefficient (Wildman–Crippen LogP) is 2.52. The van der Waals surface area contributed by atoms with E-state index in [4.69, 9.17) is 0 Å². The molecule has 1 aromatic heterocycles. The molecule has 1 aliphatic heterocycles. The van der Waals surface area contributed by atoms with Crippen LogP contribution in [0, 0.1) is 0 Å². The van der Waals surface area contributed by atoms with Crippen LogP contribution in [0.3, 0.4) is 0 Å². The molecule has 1 unspecified atom stereocenters. The Morgan fingerprint density at radius 3 is 2.78 bits per heavy atom. The third kappa shape index (κ3) is 2.98. The van der Waals surface area contributed by atoms with Crippen molar-refractivity contribution in [2.75, 3.05) is 4.31 Å². The van der Waals surface area contributed by atoms with Crippen LogP contribution in [-0.4, -0.2) is 20.4 Å². The van der Waals surface area contributed by atoms with Crippen molar-refractivity contribution in [3.63, 3.8) is 0 Å². The van der Waals surface area contributed by atoms with Crippen LogP contribution in [0.4, 0.5) is 5.69 Å². The summed E-state index contributed by atoms with van der Waals surface area (Å²) in [7, 11) is -3.58. The highest BCUT2D eigenvalue weighted by molar-refractivity contribution is 7.94. The Kier molecular flexibility index (Phi) is 4.16. The van der Waals surface area contributed by atoms with E-state index in [9.17, 15) is 13.2 Å². The minimum absolute atomic E-state index is 0.0988. The fourth-order valence-corrected chi connectivity index (χ4v) is 5.88. The standard InChI is InChI=1S/C16H18N2O3S2/c1-11-9-13-5-3-4-6-15(13)18(11)23(20,21)16-8-7-14(22-16)10-17-12(2)19/h3-8,11H,9-10H2,1-2H3,(H,17,19). The van der Waals surface area contributed by atoms with Crippen LogP contribution in [0.25, 0.3) is 0 Å². The van der Waals surface area contributed by atoms with Crippen molar-refractivity contribution in [3.05, 3.63) is 46.8 Å². The average Bonchev–Trinajstić information content (AvgIpc) is 3.08. The summed E-state index contributed by atoms with van der Waals surface area (Å²) in [6.45, 7) is 3.71. The number of anilines is 1. The molecule has 0 bridgehead atoms. The molecule has 1 N–H and O–H groups in total. The van der Waals surface area contributed by atoms with Crippen molar-refractivity contribution in [2.24, 2.45) is 0 Å². The van der Waals surface area contributed by atoms with Gasteiger partial charge in [0.25, 0.3) is 10.0 Å². The highest BCUT2D eigenvalue weighted by Crippen LogP contribution is 2.38. The summed E-state index contributed by atoms with van der Waals surface area (Å²) in [5, 5.41) is 2.68. The molecule has 0 saturated carbocycles. The lowest BCUT2D eigenvalue weighted by Crippen LogP contribution is -2.35. The molecule has 2 aromatic rings. The largest absolute Gasteiger partial charge is 0.351 e. The summed E-state index contributed by atoms with van der Waals surface area (Å²) in [6, 6.07) is 10.9. The number of fused-ring (bicyclic) bond motifs is 1. The summed E-state index contributed by atoms with van der Waals surface area (Å²) in [4.78, 5) is 11.8. The second kappa shape index (κ2) is 5.98. The lowest BCUT2D eigenvalue weighted by atomic mass is 10.1. The maximum atomic E-state index is 13.0. The van der Waals surface area contributed by atoms with E-state index in [0.717, 1.165) is 22.5 Å². The number of amides is 1. The first-order valence-corrected chi connectivity index (χ1v) is 9.61. The highest BCUT2D eigenvalue weighted by atomic mass is 32.2. The summed E-state index contributed by atoms with van der Waals surface area (Å²) in [5.74, 6) is -0.134. The summed E-state index contributed by atoms with van der Waals surface area (Å²) < 4.78 is 27.8. The van der Waals surface area contributed by atoms with Gasteiger partial charge in [-0.15, -0.1) is 11.3 Å². The Morgan fingerprint density at radius 1 is 1.30 bits per heavy atom. The van der Waals surface area contributed by atoms with E-state index in [0.29, 0.717) is 10.8 Å². The maximum Gasteiger partial charge on any atom is 0.274 e. The molecule has 0 radical (unpaired) electrons. The van der Waals surface area contributed by atoms with Gasteiger partial charge in [-0.1, -0.05) is 18.2 Å². The van der Waals surface area contributed by atoms with E-state index in [1.807, 2.05) is 31.2 Å². The summed E-state index contributed by atoms with van der Waals surface area (Å²) in [6.07, 6.45) is 0.722. The molecule has 1 aromatic carbocycles. The van der Waals surface area contributed by atoms with E-state index < -0.39 is 10.0 Å². The second-order valence-electron chi connectivity index (χ2n) is 5.61. The second-order valence-corrected chi connectivity index (χ2v) is 8.82. The van der Waals surface area contributed by atoms with Crippen molar-refractivity contribution in [2.45, 2.75) is 37.1 Å². The van der Waals surface area contributed by atoms with Crippen LogP contribution in [0.2, 0.25) is 0 Å². The normalized spacial score (nSPS) is 17.1. The van der Waals surface area contributed by atoms with Crippen molar-refractivity contribution >= 4 is 33.0 Å². The highest BCUT2D eigenvalue weighted by Gasteiger charge is 2.36. The van der Waals surface area contributed by atoms with Crippen LogP contribution < -0.4 is 9.62 Å². The molecular formula is C16H18N2O3S2. The van der Waals surface area contributed by atoms with Crippen LogP contribution in [0.1, 0.15) is 24.3 Å². The number of carbonyl (C=O) groups is 1. The van der Waals surface area contributed by atoms with E-state index in [1.165, 1.54) is 22.6 Å². The van der Waals surface area contributed by atoms with Gasteiger partial charge in [0.05, 0.1) is 12.2 Å². The molecule has 0 saturated heterocycles. The van der Waals surface area contributed by atoms with E-state index in [2.05, 4.69) is 5.32 Å². The van der Waals surface area contributed by atoms with Crippen molar-refractivity contribution in [1.29, 1.82) is 0 Å². The molecule has 3 rings (SSSR count). The molecule has 122 valence electrons. The van der Waals surface area contributed by atoms with E-state index in [1.54, 1.807) is 12.1 Å². The minimum atomic E-state index is -3.58.